The van der Waals surface area contributed by atoms with Crippen molar-refractivity contribution in [2.75, 3.05) is 7.05 Å². The molecule has 27 heavy (non-hydrogen) atoms. The van der Waals surface area contributed by atoms with Crippen LogP contribution >= 0.6 is 11.6 Å². The molecule has 1 aromatic carbocycles. The number of rotatable bonds is 3. The highest BCUT2D eigenvalue weighted by molar-refractivity contribution is 6.31. The van der Waals surface area contributed by atoms with Gasteiger partial charge >= 0.3 is 0 Å². The van der Waals surface area contributed by atoms with Gasteiger partial charge in [0.1, 0.15) is 0 Å². The van der Waals surface area contributed by atoms with E-state index in [-0.39, 0.29) is 5.54 Å². The SMILES string of the molecule is Cc1ccc(CCn2c3c(c4cc(Cl)ccc42)C2CCC(C)(C3)N2C)cn1. The van der Waals surface area contributed by atoms with Gasteiger partial charge in [-0.2, -0.15) is 0 Å². The van der Waals surface area contributed by atoms with Crippen molar-refractivity contribution >= 4 is 22.5 Å². The van der Waals surface area contributed by atoms with Gasteiger partial charge in [0.25, 0.3) is 0 Å². The van der Waals surface area contributed by atoms with Crippen LogP contribution in [0.25, 0.3) is 10.9 Å². The molecule has 2 aliphatic rings. The van der Waals surface area contributed by atoms with Crippen LogP contribution in [-0.2, 0) is 19.4 Å². The average molecular weight is 380 g/mol. The maximum absolute atomic E-state index is 6.39. The molecule has 0 aliphatic carbocycles. The number of fused-ring (bicyclic) bond motifs is 6. The van der Waals surface area contributed by atoms with Gasteiger partial charge in [-0.1, -0.05) is 17.7 Å². The van der Waals surface area contributed by atoms with E-state index in [4.69, 9.17) is 11.6 Å². The Balaban J connectivity index is 1.61. The number of pyridine rings is 1. The van der Waals surface area contributed by atoms with E-state index in [0.29, 0.717) is 6.04 Å². The summed E-state index contributed by atoms with van der Waals surface area (Å²) >= 11 is 6.39. The fourth-order valence-electron chi connectivity index (χ4n) is 5.22. The lowest BCUT2D eigenvalue weighted by Crippen LogP contribution is -2.45. The van der Waals surface area contributed by atoms with Crippen LogP contribution in [0, 0.1) is 6.92 Å². The van der Waals surface area contributed by atoms with Gasteiger partial charge in [0, 0.05) is 58.1 Å². The number of hydrogen-bond donors (Lipinski definition) is 0. The monoisotopic (exact) mass is 379 g/mol. The Morgan fingerprint density at radius 1 is 1.26 bits per heavy atom. The predicted molar refractivity (Wildman–Crippen MR) is 111 cm³/mol. The van der Waals surface area contributed by atoms with Gasteiger partial charge in [0.15, 0.2) is 0 Å². The molecular formula is C23H26ClN3. The minimum absolute atomic E-state index is 0.277. The van der Waals surface area contributed by atoms with Crippen LogP contribution in [-0.4, -0.2) is 27.0 Å². The zero-order valence-corrected chi connectivity index (χ0v) is 17.1. The van der Waals surface area contributed by atoms with E-state index in [0.717, 1.165) is 30.1 Å². The van der Waals surface area contributed by atoms with Gasteiger partial charge in [0.2, 0.25) is 0 Å². The molecule has 140 valence electrons. The Labute approximate surface area is 166 Å². The van der Waals surface area contributed by atoms with E-state index in [1.807, 2.05) is 19.2 Å². The summed E-state index contributed by atoms with van der Waals surface area (Å²) in [5.74, 6) is 0. The predicted octanol–water partition coefficient (Wildman–Crippen LogP) is 5.32. The second-order valence-corrected chi connectivity index (χ2v) is 9.01. The number of nitrogens with zero attached hydrogens (tertiary/aromatic N) is 3. The molecule has 3 aromatic rings. The van der Waals surface area contributed by atoms with Gasteiger partial charge in [0.05, 0.1) is 0 Å². The summed E-state index contributed by atoms with van der Waals surface area (Å²) in [4.78, 5) is 7.06. The molecule has 2 unspecified atom stereocenters. The zero-order valence-electron chi connectivity index (χ0n) is 16.3. The van der Waals surface area contributed by atoms with Crippen molar-refractivity contribution in [3.05, 3.63) is 64.1 Å². The minimum Gasteiger partial charge on any atom is -0.344 e. The summed E-state index contributed by atoms with van der Waals surface area (Å²) in [5, 5.41) is 2.18. The summed E-state index contributed by atoms with van der Waals surface area (Å²) in [6.45, 7) is 5.45. The largest absolute Gasteiger partial charge is 0.344 e. The third kappa shape index (κ3) is 2.63. The van der Waals surface area contributed by atoms with Gasteiger partial charge < -0.3 is 4.57 Å². The maximum atomic E-state index is 6.39. The first-order valence-electron chi connectivity index (χ1n) is 9.91. The molecular weight excluding hydrogens is 354 g/mol. The zero-order chi connectivity index (χ0) is 18.8. The van der Waals surface area contributed by atoms with Crippen molar-refractivity contribution in [2.45, 2.75) is 57.7 Å². The summed E-state index contributed by atoms with van der Waals surface area (Å²) in [5.41, 5.74) is 7.02. The molecule has 1 saturated heterocycles. The number of aryl methyl sites for hydroxylation is 3. The molecule has 0 saturated carbocycles. The smallest absolute Gasteiger partial charge is 0.0487 e. The summed E-state index contributed by atoms with van der Waals surface area (Å²) in [6, 6.07) is 11.2. The summed E-state index contributed by atoms with van der Waals surface area (Å²) in [6.07, 6.45) is 6.65. The van der Waals surface area contributed by atoms with Crippen molar-refractivity contribution < 1.29 is 0 Å². The molecule has 2 aliphatic heterocycles. The van der Waals surface area contributed by atoms with Gasteiger partial charge in [-0.05, 0) is 75.5 Å². The van der Waals surface area contributed by atoms with Crippen LogP contribution in [0.4, 0.5) is 0 Å². The van der Waals surface area contributed by atoms with Gasteiger partial charge in [-0.3, -0.25) is 9.88 Å². The molecule has 0 N–H and O–H groups in total. The number of aromatic nitrogens is 2. The third-order valence-corrected chi connectivity index (χ3v) is 7.16. The third-order valence-electron chi connectivity index (χ3n) is 6.93. The highest BCUT2D eigenvalue weighted by Crippen LogP contribution is 2.51. The van der Waals surface area contributed by atoms with Gasteiger partial charge in [-0.15, -0.1) is 0 Å². The van der Waals surface area contributed by atoms with Crippen molar-refractivity contribution in [1.82, 2.24) is 14.5 Å². The Kier molecular flexibility index (Phi) is 3.89. The molecule has 2 atom stereocenters. The molecule has 2 bridgehead atoms. The topological polar surface area (TPSA) is 21.1 Å². The number of benzene rings is 1. The molecule has 4 heterocycles. The van der Waals surface area contributed by atoms with Crippen LogP contribution in [0.15, 0.2) is 36.5 Å². The Hall–Kier alpha value is -1.84. The Morgan fingerprint density at radius 2 is 2.11 bits per heavy atom. The van der Waals surface area contributed by atoms with E-state index >= 15 is 0 Å². The number of hydrogen-bond acceptors (Lipinski definition) is 2. The van der Waals surface area contributed by atoms with E-state index in [1.54, 1.807) is 0 Å². The normalized spacial score (nSPS) is 24.5. The van der Waals surface area contributed by atoms with Crippen LogP contribution < -0.4 is 0 Å². The molecule has 3 nitrogen and oxygen atoms in total. The maximum Gasteiger partial charge on any atom is 0.0487 e. The molecule has 0 radical (unpaired) electrons. The number of halogens is 1. The van der Waals surface area contributed by atoms with Crippen molar-refractivity contribution in [3.8, 4) is 0 Å². The highest BCUT2D eigenvalue weighted by Gasteiger charge is 2.48. The van der Waals surface area contributed by atoms with Gasteiger partial charge in [-0.25, -0.2) is 0 Å². The average Bonchev–Trinajstić information content (AvgIpc) is 3.02. The highest BCUT2D eigenvalue weighted by atomic mass is 35.5. The Morgan fingerprint density at radius 3 is 2.89 bits per heavy atom. The van der Waals surface area contributed by atoms with Crippen molar-refractivity contribution in [3.63, 3.8) is 0 Å². The fraction of sp³-hybridized carbons (Fsp3) is 0.435. The summed E-state index contributed by atoms with van der Waals surface area (Å²) < 4.78 is 2.56. The first kappa shape index (κ1) is 17.3. The Bertz CT molecular complexity index is 1020. The molecule has 5 rings (SSSR count). The second kappa shape index (κ2) is 6.08. The van der Waals surface area contributed by atoms with Crippen LogP contribution in [0.5, 0.6) is 0 Å². The fourth-order valence-corrected chi connectivity index (χ4v) is 5.39. The lowest BCUT2D eigenvalue weighted by Gasteiger charge is -2.40. The molecule has 1 fully saturated rings. The van der Waals surface area contributed by atoms with Crippen LogP contribution in [0.3, 0.4) is 0 Å². The molecule has 0 amide bonds. The summed E-state index contributed by atoms with van der Waals surface area (Å²) in [7, 11) is 2.30. The first-order chi connectivity index (χ1) is 13.0. The molecule has 2 aromatic heterocycles. The standard InChI is InChI=1S/C23H26ClN3/c1-15-4-5-16(14-25-15)9-11-27-19-7-6-17(24)12-18(19)22-20-8-10-23(2,26(20)3)13-21(22)27/h4-7,12,14,20H,8-11,13H2,1-3H3. The van der Waals surface area contributed by atoms with Crippen molar-refractivity contribution in [1.29, 1.82) is 0 Å². The first-order valence-corrected chi connectivity index (χ1v) is 10.3. The van der Waals surface area contributed by atoms with E-state index < -0.39 is 0 Å². The van der Waals surface area contributed by atoms with E-state index in [2.05, 4.69) is 52.7 Å². The lowest BCUT2D eigenvalue weighted by atomic mass is 9.89. The minimum atomic E-state index is 0.277. The van der Waals surface area contributed by atoms with Crippen LogP contribution in [0.2, 0.25) is 5.02 Å². The molecule has 0 spiro atoms. The quantitative estimate of drug-likeness (QED) is 0.613. The van der Waals surface area contributed by atoms with E-state index in [1.165, 1.54) is 40.6 Å². The second-order valence-electron chi connectivity index (χ2n) is 8.57. The van der Waals surface area contributed by atoms with E-state index in [9.17, 15) is 0 Å². The van der Waals surface area contributed by atoms with Crippen molar-refractivity contribution in [2.24, 2.45) is 0 Å². The van der Waals surface area contributed by atoms with Crippen LogP contribution in [0.1, 0.15) is 48.3 Å². The molecule has 4 heteroatoms. The lowest BCUT2D eigenvalue weighted by molar-refractivity contribution is 0.133. The number of likely N-dealkylation sites (N-methyl/N-ethyl adjacent to an activating group) is 1.